The molecular formula is C28H29N5O6. The average molecular weight is 532 g/mol. The van der Waals surface area contributed by atoms with Gasteiger partial charge in [0.05, 0.1) is 13.7 Å². The molecule has 3 aliphatic rings. The summed E-state index contributed by atoms with van der Waals surface area (Å²) in [5.74, 6) is -0.198. The Balaban J connectivity index is 1.34. The highest BCUT2D eigenvalue weighted by atomic mass is 16.5. The number of carbonyl (C=O) groups excluding carboxylic acids is 4. The number of amides is 5. The van der Waals surface area contributed by atoms with Gasteiger partial charge in [0.1, 0.15) is 17.1 Å². The van der Waals surface area contributed by atoms with Crippen molar-refractivity contribution in [1.82, 2.24) is 25.3 Å². The van der Waals surface area contributed by atoms with E-state index < -0.39 is 17.5 Å². The lowest BCUT2D eigenvalue weighted by atomic mass is 9.95. The highest BCUT2D eigenvalue weighted by Crippen LogP contribution is 2.36. The number of ether oxygens (including phenoxy) is 1. The van der Waals surface area contributed by atoms with Gasteiger partial charge in [0.15, 0.2) is 5.54 Å². The van der Waals surface area contributed by atoms with E-state index in [9.17, 15) is 19.2 Å². The van der Waals surface area contributed by atoms with Gasteiger partial charge in [-0.15, -0.1) is 0 Å². The van der Waals surface area contributed by atoms with Gasteiger partial charge in [-0.1, -0.05) is 6.07 Å². The molecule has 4 heterocycles. The number of imide groups is 1. The number of hydrogen-bond acceptors (Lipinski definition) is 7. The molecule has 0 spiro atoms. The zero-order valence-corrected chi connectivity index (χ0v) is 22.0. The van der Waals surface area contributed by atoms with E-state index in [1.54, 1.807) is 30.3 Å². The van der Waals surface area contributed by atoms with Gasteiger partial charge < -0.3 is 29.2 Å². The molecule has 5 amide bonds. The molecule has 0 unspecified atom stereocenters. The third-order valence-electron chi connectivity index (χ3n) is 7.87. The van der Waals surface area contributed by atoms with Gasteiger partial charge in [0.2, 0.25) is 0 Å². The Morgan fingerprint density at radius 2 is 1.85 bits per heavy atom. The monoisotopic (exact) mass is 531 g/mol. The van der Waals surface area contributed by atoms with Crippen LogP contribution in [0.4, 0.5) is 4.79 Å². The third kappa shape index (κ3) is 4.09. The first-order chi connectivity index (χ1) is 18.7. The lowest BCUT2D eigenvalue weighted by molar-refractivity contribution is -0.125. The lowest BCUT2D eigenvalue weighted by Gasteiger charge is -2.32. The van der Waals surface area contributed by atoms with Crippen molar-refractivity contribution in [2.24, 2.45) is 0 Å². The molecule has 0 saturated carbocycles. The number of methoxy groups -OCH3 is 1. The maximum atomic E-state index is 13.3. The molecule has 2 saturated heterocycles. The van der Waals surface area contributed by atoms with Gasteiger partial charge in [0, 0.05) is 49.2 Å². The van der Waals surface area contributed by atoms with Crippen LogP contribution in [-0.4, -0.2) is 85.3 Å². The maximum Gasteiger partial charge on any atom is 0.322 e. The molecule has 0 aliphatic carbocycles. The van der Waals surface area contributed by atoms with Crippen LogP contribution in [0, 0.1) is 6.92 Å². The van der Waals surface area contributed by atoms with Crippen molar-refractivity contribution in [3.05, 3.63) is 64.4 Å². The summed E-state index contributed by atoms with van der Waals surface area (Å²) in [5.41, 5.74) is 1.45. The molecule has 2 N–H and O–H groups in total. The number of benzene rings is 2. The second-order valence-corrected chi connectivity index (χ2v) is 10.4. The van der Waals surface area contributed by atoms with Gasteiger partial charge in [0.25, 0.3) is 17.7 Å². The summed E-state index contributed by atoms with van der Waals surface area (Å²) in [4.78, 5) is 57.7. The molecular weight excluding hydrogens is 502 g/mol. The first kappa shape index (κ1) is 24.9. The van der Waals surface area contributed by atoms with Crippen LogP contribution in [0.2, 0.25) is 0 Å². The van der Waals surface area contributed by atoms with Crippen LogP contribution >= 0.6 is 0 Å². The Kier molecular flexibility index (Phi) is 5.83. The second-order valence-electron chi connectivity index (χ2n) is 10.4. The molecule has 0 radical (unpaired) electrons. The zero-order valence-electron chi connectivity index (χ0n) is 22.0. The first-order valence-electron chi connectivity index (χ1n) is 12.8. The molecule has 39 heavy (non-hydrogen) atoms. The van der Waals surface area contributed by atoms with Crippen molar-refractivity contribution < 1.29 is 28.3 Å². The quantitative estimate of drug-likeness (QED) is 0.482. The van der Waals surface area contributed by atoms with Crippen LogP contribution in [0.1, 0.15) is 37.6 Å². The van der Waals surface area contributed by atoms with Gasteiger partial charge in [-0.2, -0.15) is 0 Å². The number of carbonyl (C=O) groups is 4. The van der Waals surface area contributed by atoms with Gasteiger partial charge >= 0.3 is 6.03 Å². The SMILES string of the molecule is COc1ccc2c(c1)C(=O)N(C[C@@]1(c3cc4cc(C(=O)N5CCN(C)CC5)c(C)cc4o3)NC(=O)NC1=O)C2. The number of hydrogen-bond donors (Lipinski definition) is 2. The zero-order chi connectivity index (χ0) is 27.5. The van der Waals surface area contributed by atoms with E-state index in [0.29, 0.717) is 40.9 Å². The number of likely N-dealkylation sites (N-methyl/N-ethyl adjacent to an activating group) is 1. The smallest absolute Gasteiger partial charge is 0.322 e. The summed E-state index contributed by atoms with van der Waals surface area (Å²) >= 11 is 0. The van der Waals surface area contributed by atoms with E-state index in [1.165, 1.54) is 12.0 Å². The Labute approximate surface area is 224 Å². The predicted molar refractivity (Wildman–Crippen MR) is 140 cm³/mol. The molecule has 3 aromatic rings. The van der Waals surface area contributed by atoms with Crippen LogP contribution in [0.15, 0.2) is 40.8 Å². The normalized spacial score (nSPS) is 21.4. The summed E-state index contributed by atoms with van der Waals surface area (Å²) in [5, 5.41) is 5.63. The minimum atomic E-state index is -1.63. The largest absolute Gasteiger partial charge is 0.497 e. The maximum absolute atomic E-state index is 13.3. The molecule has 11 nitrogen and oxygen atoms in total. The van der Waals surface area contributed by atoms with Crippen molar-refractivity contribution in [3.8, 4) is 5.75 Å². The fraction of sp³-hybridized carbons (Fsp3) is 0.357. The van der Waals surface area contributed by atoms with Crippen LogP contribution in [0.5, 0.6) is 5.75 Å². The fourth-order valence-corrected chi connectivity index (χ4v) is 5.54. The molecule has 6 rings (SSSR count). The summed E-state index contributed by atoms with van der Waals surface area (Å²) in [7, 11) is 3.56. The molecule has 2 aromatic carbocycles. The van der Waals surface area contributed by atoms with Crippen molar-refractivity contribution >= 4 is 34.7 Å². The molecule has 3 aliphatic heterocycles. The van der Waals surface area contributed by atoms with E-state index in [1.807, 2.05) is 24.9 Å². The molecule has 202 valence electrons. The Morgan fingerprint density at radius 1 is 1.08 bits per heavy atom. The van der Waals surface area contributed by atoms with Crippen molar-refractivity contribution in [2.75, 3.05) is 46.9 Å². The number of rotatable bonds is 5. The van der Waals surface area contributed by atoms with Crippen molar-refractivity contribution in [2.45, 2.75) is 19.0 Å². The standard InChI is InChI=1S/C28H29N5O6/c1-16-10-22-18(11-20(16)24(34)32-8-6-31(2)7-9-32)12-23(39-22)28(26(36)29-27(37)30-28)15-33-14-17-4-5-19(38-3)13-21(17)25(33)35/h4-5,10-13H,6-9,14-15H2,1-3H3,(H2,29,30,36,37)/t28-/m0/s1. The summed E-state index contributed by atoms with van der Waals surface area (Å²) in [6, 6.07) is 9.79. The topological polar surface area (TPSA) is 124 Å². The molecule has 0 bridgehead atoms. The molecule has 11 heteroatoms. The van der Waals surface area contributed by atoms with Crippen LogP contribution in [-0.2, 0) is 16.9 Å². The van der Waals surface area contributed by atoms with Crippen LogP contribution < -0.4 is 15.4 Å². The fourth-order valence-electron chi connectivity index (χ4n) is 5.54. The Hall–Kier alpha value is -4.38. The summed E-state index contributed by atoms with van der Waals surface area (Å²) in [6.45, 7) is 4.91. The number of furan rings is 1. The highest BCUT2D eigenvalue weighted by Gasteiger charge is 2.53. The van der Waals surface area contributed by atoms with Crippen LogP contribution in [0.3, 0.4) is 0 Å². The predicted octanol–water partition coefficient (Wildman–Crippen LogP) is 1.83. The first-order valence-corrected chi connectivity index (χ1v) is 12.8. The Morgan fingerprint density at radius 3 is 2.54 bits per heavy atom. The number of urea groups is 1. The highest BCUT2D eigenvalue weighted by molar-refractivity contribution is 6.08. The number of fused-ring (bicyclic) bond motifs is 2. The van der Waals surface area contributed by atoms with E-state index in [0.717, 1.165) is 24.2 Å². The van der Waals surface area contributed by atoms with E-state index in [4.69, 9.17) is 9.15 Å². The Bertz CT molecular complexity index is 1540. The van der Waals surface area contributed by atoms with Gasteiger partial charge in [-0.25, -0.2) is 4.79 Å². The van der Waals surface area contributed by atoms with Crippen molar-refractivity contribution in [3.63, 3.8) is 0 Å². The molecule has 1 atom stereocenters. The summed E-state index contributed by atoms with van der Waals surface area (Å²) < 4.78 is 11.4. The van der Waals surface area contributed by atoms with E-state index in [-0.39, 0.29) is 30.7 Å². The number of aryl methyl sites for hydroxylation is 1. The lowest BCUT2D eigenvalue weighted by Crippen LogP contribution is -2.52. The minimum absolute atomic E-state index is 0.0530. The van der Waals surface area contributed by atoms with Crippen LogP contribution in [0.25, 0.3) is 11.0 Å². The average Bonchev–Trinajstić information content (AvgIpc) is 3.56. The summed E-state index contributed by atoms with van der Waals surface area (Å²) in [6.07, 6.45) is 0. The second kappa shape index (κ2) is 9.12. The third-order valence-corrected chi connectivity index (χ3v) is 7.87. The van der Waals surface area contributed by atoms with Gasteiger partial charge in [-0.3, -0.25) is 19.7 Å². The van der Waals surface area contributed by atoms with Gasteiger partial charge in [-0.05, 0) is 55.4 Å². The van der Waals surface area contributed by atoms with E-state index >= 15 is 0 Å². The van der Waals surface area contributed by atoms with E-state index in [2.05, 4.69) is 15.5 Å². The number of nitrogens with zero attached hydrogens (tertiary/aromatic N) is 3. The molecule has 2 fully saturated rings. The minimum Gasteiger partial charge on any atom is -0.497 e. The number of nitrogens with one attached hydrogen (secondary N) is 2. The molecule has 1 aromatic heterocycles. The van der Waals surface area contributed by atoms with Crippen molar-refractivity contribution in [1.29, 1.82) is 0 Å². The number of piperazine rings is 1.